The van der Waals surface area contributed by atoms with Crippen molar-refractivity contribution in [2.45, 2.75) is 63.9 Å². The molecule has 8 nitrogen and oxygen atoms in total. The summed E-state index contributed by atoms with van der Waals surface area (Å²) in [4.78, 5) is 0. The van der Waals surface area contributed by atoms with E-state index in [4.69, 9.17) is 14.2 Å². The monoisotopic (exact) mass is 320 g/mol. The normalized spacial score (nSPS) is 46.7. The first-order valence-corrected chi connectivity index (χ1v) is 7.29. The van der Waals surface area contributed by atoms with E-state index in [1.165, 1.54) is 0 Å². The Morgan fingerprint density at radius 2 is 1.64 bits per heavy atom. The standard InChI is InChI=1S/C14H24O8/c1-5-7(3)20-13(19)6(2)12(5)22-14-11(18)10(17)9(16)8(4-15)21-14/h5,7-11,13-19H,4H2,1-3H3. The minimum absolute atomic E-state index is 0.198. The van der Waals surface area contributed by atoms with Gasteiger partial charge in [0.2, 0.25) is 6.29 Å². The summed E-state index contributed by atoms with van der Waals surface area (Å²) in [7, 11) is 0. The molecule has 0 aromatic rings. The van der Waals surface area contributed by atoms with Gasteiger partial charge < -0.3 is 39.7 Å². The van der Waals surface area contributed by atoms with Gasteiger partial charge in [0.05, 0.1) is 12.7 Å². The van der Waals surface area contributed by atoms with Gasteiger partial charge in [-0.15, -0.1) is 0 Å². The van der Waals surface area contributed by atoms with E-state index in [0.29, 0.717) is 11.3 Å². The first kappa shape index (κ1) is 17.6. The predicted octanol–water partition coefficient (Wildman–Crippen LogP) is -1.55. The summed E-state index contributed by atoms with van der Waals surface area (Å²) in [6.07, 6.45) is -8.16. The van der Waals surface area contributed by atoms with Crippen LogP contribution in [0.25, 0.3) is 0 Å². The molecule has 0 saturated carbocycles. The number of ether oxygens (including phenoxy) is 3. The lowest BCUT2D eigenvalue weighted by Gasteiger charge is -2.42. The molecule has 2 rings (SSSR count). The van der Waals surface area contributed by atoms with Gasteiger partial charge in [-0.25, -0.2) is 0 Å². The highest BCUT2D eigenvalue weighted by atomic mass is 16.7. The van der Waals surface area contributed by atoms with Crippen molar-refractivity contribution in [2.24, 2.45) is 5.92 Å². The first-order valence-electron chi connectivity index (χ1n) is 7.29. The quantitative estimate of drug-likeness (QED) is 0.423. The Kier molecular flexibility index (Phi) is 5.44. The lowest BCUT2D eigenvalue weighted by atomic mass is 9.96. The molecule has 2 aliphatic rings. The average molecular weight is 320 g/mol. The van der Waals surface area contributed by atoms with Crippen molar-refractivity contribution in [3.63, 3.8) is 0 Å². The molecule has 128 valence electrons. The summed E-state index contributed by atoms with van der Waals surface area (Å²) in [5.41, 5.74) is 0.447. The van der Waals surface area contributed by atoms with Crippen LogP contribution in [-0.2, 0) is 14.2 Å². The van der Waals surface area contributed by atoms with Gasteiger partial charge in [-0.2, -0.15) is 0 Å². The molecular formula is C14H24O8. The van der Waals surface area contributed by atoms with E-state index in [0.717, 1.165) is 0 Å². The zero-order chi connectivity index (χ0) is 16.6. The molecule has 2 aliphatic heterocycles. The minimum Gasteiger partial charge on any atom is -0.466 e. The third kappa shape index (κ3) is 3.13. The molecule has 22 heavy (non-hydrogen) atoms. The van der Waals surface area contributed by atoms with Crippen LogP contribution in [-0.4, -0.2) is 75.2 Å². The summed E-state index contributed by atoms with van der Waals surface area (Å²) >= 11 is 0. The van der Waals surface area contributed by atoms with Gasteiger partial charge in [0, 0.05) is 11.5 Å². The molecule has 0 spiro atoms. The predicted molar refractivity (Wildman–Crippen MR) is 73.3 cm³/mol. The fourth-order valence-corrected chi connectivity index (χ4v) is 2.61. The molecule has 0 amide bonds. The Morgan fingerprint density at radius 3 is 2.23 bits per heavy atom. The van der Waals surface area contributed by atoms with Crippen molar-refractivity contribution in [1.82, 2.24) is 0 Å². The molecule has 0 aromatic carbocycles. The molecule has 0 radical (unpaired) electrons. The molecule has 0 bridgehead atoms. The largest absolute Gasteiger partial charge is 0.466 e. The minimum atomic E-state index is -1.51. The van der Waals surface area contributed by atoms with Crippen LogP contribution in [0.15, 0.2) is 11.3 Å². The van der Waals surface area contributed by atoms with Crippen LogP contribution in [0.4, 0.5) is 0 Å². The van der Waals surface area contributed by atoms with Crippen molar-refractivity contribution in [2.75, 3.05) is 6.61 Å². The highest BCUT2D eigenvalue weighted by Gasteiger charge is 2.46. The van der Waals surface area contributed by atoms with E-state index in [2.05, 4.69) is 0 Å². The van der Waals surface area contributed by atoms with E-state index < -0.39 is 43.6 Å². The highest BCUT2D eigenvalue weighted by molar-refractivity contribution is 5.15. The second kappa shape index (κ2) is 6.79. The molecule has 1 fully saturated rings. The van der Waals surface area contributed by atoms with Crippen LogP contribution >= 0.6 is 0 Å². The van der Waals surface area contributed by atoms with Gasteiger partial charge >= 0.3 is 0 Å². The van der Waals surface area contributed by atoms with E-state index in [1.807, 2.05) is 6.92 Å². The highest BCUT2D eigenvalue weighted by Crippen LogP contribution is 2.33. The zero-order valence-electron chi connectivity index (χ0n) is 12.8. The summed E-state index contributed by atoms with van der Waals surface area (Å²) in [5, 5.41) is 48.5. The maximum absolute atomic E-state index is 10.00. The maximum Gasteiger partial charge on any atom is 0.228 e. The van der Waals surface area contributed by atoms with Crippen molar-refractivity contribution >= 4 is 0 Å². The van der Waals surface area contributed by atoms with Gasteiger partial charge in [-0.3, -0.25) is 0 Å². The molecule has 5 N–H and O–H groups in total. The van der Waals surface area contributed by atoms with Crippen LogP contribution in [0.2, 0.25) is 0 Å². The third-order valence-corrected chi connectivity index (χ3v) is 4.31. The number of hydrogen-bond donors (Lipinski definition) is 5. The number of aliphatic hydroxyl groups excluding tert-OH is 5. The van der Waals surface area contributed by atoms with Gasteiger partial charge in [-0.05, 0) is 13.8 Å². The summed E-state index contributed by atoms with van der Waals surface area (Å²) in [6.45, 7) is 4.71. The van der Waals surface area contributed by atoms with Crippen LogP contribution in [0.1, 0.15) is 20.8 Å². The van der Waals surface area contributed by atoms with Crippen molar-refractivity contribution in [1.29, 1.82) is 0 Å². The summed E-state index contributed by atoms with van der Waals surface area (Å²) in [6, 6.07) is 0. The Morgan fingerprint density at radius 1 is 1.00 bits per heavy atom. The Labute approximate surface area is 128 Å². The molecule has 0 aliphatic carbocycles. The number of aliphatic hydroxyl groups is 5. The fraction of sp³-hybridized carbons (Fsp3) is 0.857. The topological polar surface area (TPSA) is 129 Å². The Balaban J connectivity index is 2.19. The van der Waals surface area contributed by atoms with E-state index in [1.54, 1.807) is 13.8 Å². The van der Waals surface area contributed by atoms with Crippen LogP contribution in [0.3, 0.4) is 0 Å². The molecule has 8 atom stereocenters. The van der Waals surface area contributed by atoms with E-state index in [9.17, 15) is 25.5 Å². The maximum atomic E-state index is 10.00. The van der Waals surface area contributed by atoms with Crippen LogP contribution in [0.5, 0.6) is 0 Å². The summed E-state index contributed by atoms with van der Waals surface area (Å²) < 4.78 is 16.3. The van der Waals surface area contributed by atoms with E-state index in [-0.39, 0.29) is 12.0 Å². The van der Waals surface area contributed by atoms with Gasteiger partial charge in [-0.1, -0.05) is 6.92 Å². The molecule has 8 unspecified atom stereocenters. The average Bonchev–Trinajstić information content (AvgIpc) is 2.49. The molecular weight excluding hydrogens is 296 g/mol. The number of hydrogen-bond acceptors (Lipinski definition) is 8. The first-order chi connectivity index (χ1) is 10.3. The molecule has 8 heteroatoms. The zero-order valence-corrected chi connectivity index (χ0v) is 12.8. The van der Waals surface area contributed by atoms with Crippen LogP contribution in [0, 0.1) is 5.92 Å². The number of rotatable bonds is 3. The molecule has 1 saturated heterocycles. The van der Waals surface area contributed by atoms with Crippen molar-refractivity contribution < 1.29 is 39.7 Å². The van der Waals surface area contributed by atoms with Gasteiger partial charge in [0.15, 0.2) is 6.29 Å². The van der Waals surface area contributed by atoms with Crippen molar-refractivity contribution in [3.05, 3.63) is 11.3 Å². The second-order valence-electron chi connectivity index (χ2n) is 5.84. The second-order valence-corrected chi connectivity index (χ2v) is 5.84. The Hall–Kier alpha value is -0.740. The third-order valence-electron chi connectivity index (χ3n) is 4.31. The van der Waals surface area contributed by atoms with Crippen LogP contribution < -0.4 is 0 Å². The lowest BCUT2D eigenvalue weighted by Crippen LogP contribution is -2.59. The Bertz CT molecular complexity index is 423. The fourth-order valence-electron chi connectivity index (χ4n) is 2.61. The van der Waals surface area contributed by atoms with Gasteiger partial charge in [0.25, 0.3) is 0 Å². The lowest BCUT2D eigenvalue weighted by molar-refractivity contribution is -0.296. The van der Waals surface area contributed by atoms with E-state index >= 15 is 0 Å². The van der Waals surface area contributed by atoms with Crippen molar-refractivity contribution in [3.8, 4) is 0 Å². The molecule has 2 heterocycles. The molecule has 0 aromatic heterocycles. The SMILES string of the molecule is CC1=C(OC2OC(CO)C(O)C(O)C2O)C(C)C(C)OC1O. The van der Waals surface area contributed by atoms with Gasteiger partial charge in [0.1, 0.15) is 30.2 Å². The smallest absolute Gasteiger partial charge is 0.228 e. The summed E-state index contributed by atoms with van der Waals surface area (Å²) in [5.74, 6) is 0.200.